The van der Waals surface area contributed by atoms with Crippen molar-refractivity contribution in [3.63, 3.8) is 0 Å². The number of morpholine rings is 1. The first-order valence-electron chi connectivity index (χ1n) is 12.6. The molecule has 0 saturated carbocycles. The van der Waals surface area contributed by atoms with Gasteiger partial charge in [0.2, 0.25) is 0 Å². The SMILES string of the molecule is O=C1c2ccc(CN3CCOC(CO)C3)cc2OCCN1C[C@H](O)CN1CCc2ccccc2C1. The number of carbonyl (C=O) groups is 1. The summed E-state index contributed by atoms with van der Waals surface area (Å²) in [7, 11) is 0. The van der Waals surface area contributed by atoms with E-state index >= 15 is 0 Å². The Kier molecular flexibility index (Phi) is 7.65. The number of carbonyl (C=O) groups excluding carboxylic acids is 1. The van der Waals surface area contributed by atoms with Crippen molar-refractivity contribution in [1.29, 1.82) is 0 Å². The minimum atomic E-state index is -0.620. The third kappa shape index (κ3) is 5.85. The summed E-state index contributed by atoms with van der Waals surface area (Å²) in [4.78, 5) is 19.5. The molecule has 5 rings (SSSR count). The topological polar surface area (TPSA) is 85.7 Å². The summed E-state index contributed by atoms with van der Waals surface area (Å²) in [5.74, 6) is 0.503. The molecule has 3 aliphatic heterocycles. The number of hydrogen-bond acceptors (Lipinski definition) is 7. The van der Waals surface area contributed by atoms with Crippen LogP contribution in [-0.2, 0) is 24.2 Å². The van der Waals surface area contributed by atoms with Crippen LogP contribution in [0.25, 0.3) is 0 Å². The maximum absolute atomic E-state index is 13.3. The standard InChI is InChI=1S/C27H35N3O5/c31-19-24-18-29(9-11-34-24)14-20-5-6-25-26(13-20)35-12-10-30(27(25)33)17-23(32)16-28-8-7-21-3-1-2-4-22(21)15-28/h1-6,13,23-24,31-32H,7-12,14-19H2/t23-,24?/m1/s1. The van der Waals surface area contributed by atoms with Crippen LogP contribution in [0.15, 0.2) is 42.5 Å². The third-order valence-electron chi connectivity index (χ3n) is 7.12. The summed E-state index contributed by atoms with van der Waals surface area (Å²) < 4.78 is 11.5. The van der Waals surface area contributed by atoms with Gasteiger partial charge in [0.15, 0.2) is 0 Å². The number of fused-ring (bicyclic) bond motifs is 2. The van der Waals surface area contributed by atoms with E-state index in [1.807, 2.05) is 18.2 Å². The van der Waals surface area contributed by atoms with Gasteiger partial charge in [0.1, 0.15) is 12.4 Å². The Morgan fingerprint density at radius 3 is 2.71 bits per heavy atom. The first-order chi connectivity index (χ1) is 17.1. The molecule has 2 aromatic rings. The summed E-state index contributed by atoms with van der Waals surface area (Å²) in [6.07, 6.45) is 0.216. The Balaban J connectivity index is 1.18. The maximum Gasteiger partial charge on any atom is 0.257 e. The van der Waals surface area contributed by atoms with Crippen LogP contribution in [0.2, 0.25) is 0 Å². The zero-order valence-corrected chi connectivity index (χ0v) is 20.1. The largest absolute Gasteiger partial charge is 0.491 e. The van der Waals surface area contributed by atoms with Crippen LogP contribution in [0, 0.1) is 0 Å². The molecule has 3 heterocycles. The van der Waals surface area contributed by atoms with Crippen molar-refractivity contribution in [1.82, 2.24) is 14.7 Å². The van der Waals surface area contributed by atoms with Gasteiger partial charge >= 0.3 is 0 Å². The minimum Gasteiger partial charge on any atom is -0.491 e. The molecule has 2 aromatic carbocycles. The lowest BCUT2D eigenvalue weighted by atomic mass is 10.00. The lowest BCUT2D eigenvalue weighted by Gasteiger charge is -2.32. The highest BCUT2D eigenvalue weighted by Gasteiger charge is 2.27. The highest BCUT2D eigenvalue weighted by Crippen LogP contribution is 2.26. The molecule has 0 spiro atoms. The second kappa shape index (κ2) is 11.1. The van der Waals surface area contributed by atoms with E-state index < -0.39 is 6.10 Å². The van der Waals surface area contributed by atoms with Gasteiger partial charge in [-0.05, 0) is 35.2 Å². The van der Waals surface area contributed by atoms with Crippen molar-refractivity contribution in [2.75, 3.05) is 59.1 Å². The van der Waals surface area contributed by atoms with Crippen molar-refractivity contribution in [3.8, 4) is 5.75 Å². The van der Waals surface area contributed by atoms with Crippen LogP contribution >= 0.6 is 0 Å². The normalized spacial score (nSPS) is 22.2. The van der Waals surface area contributed by atoms with Crippen LogP contribution in [0.3, 0.4) is 0 Å². The summed E-state index contributed by atoms with van der Waals surface area (Å²) in [5, 5.41) is 20.2. The quantitative estimate of drug-likeness (QED) is 0.613. The molecule has 8 heteroatoms. The van der Waals surface area contributed by atoms with E-state index in [2.05, 4.69) is 34.1 Å². The van der Waals surface area contributed by atoms with Crippen LogP contribution in [0.1, 0.15) is 27.0 Å². The number of aliphatic hydroxyl groups excluding tert-OH is 2. The van der Waals surface area contributed by atoms with E-state index in [-0.39, 0.29) is 25.2 Å². The highest BCUT2D eigenvalue weighted by molar-refractivity contribution is 5.97. The molecule has 8 nitrogen and oxygen atoms in total. The van der Waals surface area contributed by atoms with Gasteiger partial charge in [-0.3, -0.25) is 14.6 Å². The Labute approximate surface area is 206 Å². The summed E-state index contributed by atoms with van der Waals surface area (Å²) in [6, 6.07) is 14.2. The minimum absolute atomic E-state index is 0.0189. The Morgan fingerprint density at radius 2 is 1.86 bits per heavy atom. The number of β-amino-alcohol motifs (C(OH)–C–C–N with tert-alkyl or cyclic N) is 1. The number of aliphatic hydroxyl groups is 2. The summed E-state index contributed by atoms with van der Waals surface area (Å²) >= 11 is 0. The predicted molar refractivity (Wildman–Crippen MR) is 131 cm³/mol. The Bertz CT molecular complexity index is 1030. The molecule has 0 radical (unpaired) electrons. The maximum atomic E-state index is 13.3. The van der Waals surface area contributed by atoms with Gasteiger partial charge in [0.25, 0.3) is 5.91 Å². The number of nitrogens with zero attached hydrogens (tertiary/aromatic N) is 3. The van der Waals surface area contributed by atoms with E-state index in [0.717, 1.165) is 31.6 Å². The molecule has 2 N–H and O–H groups in total. The summed E-state index contributed by atoms with van der Waals surface area (Å²) in [6.45, 7) is 6.25. The van der Waals surface area contributed by atoms with Crippen molar-refractivity contribution in [2.45, 2.75) is 31.7 Å². The van der Waals surface area contributed by atoms with Gasteiger partial charge in [0.05, 0.1) is 37.5 Å². The fraction of sp³-hybridized carbons (Fsp3) is 0.519. The summed E-state index contributed by atoms with van der Waals surface area (Å²) in [5.41, 5.74) is 4.31. The fourth-order valence-corrected chi connectivity index (χ4v) is 5.29. The van der Waals surface area contributed by atoms with Crippen molar-refractivity contribution in [3.05, 3.63) is 64.7 Å². The van der Waals surface area contributed by atoms with E-state index in [9.17, 15) is 15.0 Å². The van der Waals surface area contributed by atoms with Crippen molar-refractivity contribution < 1.29 is 24.5 Å². The van der Waals surface area contributed by atoms with Gasteiger partial charge in [-0.25, -0.2) is 0 Å². The van der Waals surface area contributed by atoms with E-state index in [0.29, 0.717) is 50.7 Å². The lowest BCUT2D eigenvalue weighted by molar-refractivity contribution is -0.0551. The third-order valence-corrected chi connectivity index (χ3v) is 7.12. The first kappa shape index (κ1) is 24.2. The highest BCUT2D eigenvalue weighted by atomic mass is 16.5. The van der Waals surface area contributed by atoms with E-state index in [1.165, 1.54) is 11.1 Å². The lowest BCUT2D eigenvalue weighted by Crippen LogP contribution is -2.44. The van der Waals surface area contributed by atoms with Crippen LogP contribution in [-0.4, -0.2) is 102 Å². The molecule has 188 valence electrons. The zero-order valence-electron chi connectivity index (χ0n) is 20.1. The van der Waals surface area contributed by atoms with E-state index in [4.69, 9.17) is 9.47 Å². The van der Waals surface area contributed by atoms with E-state index in [1.54, 1.807) is 4.90 Å². The second-order valence-electron chi connectivity index (χ2n) is 9.75. The number of hydrogen-bond donors (Lipinski definition) is 2. The van der Waals surface area contributed by atoms with Crippen LogP contribution in [0.5, 0.6) is 5.75 Å². The number of rotatable bonds is 7. The van der Waals surface area contributed by atoms with Gasteiger partial charge in [-0.15, -0.1) is 0 Å². The zero-order chi connectivity index (χ0) is 24.2. The molecule has 1 fully saturated rings. The molecule has 3 aliphatic rings. The van der Waals surface area contributed by atoms with Crippen LogP contribution in [0.4, 0.5) is 0 Å². The van der Waals surface area contributed by atoms with Gasteiger partial charge in [0, 0.05) is 45.8 Å². The molecule has 1 saturated heterocycles. The van der Waals surface area contributed by atoms with Gasteiger partial charge in [-0.2, -0.15) is 0 Å². The molecule has 0 aromatic heterocycles. The van der Waals surface area contributed by atoms with Crippen LogP contribution < -0.4 is 4.74 Å². The molecule has 1 unspecified atom stereocenters. The molecule has 35 heavy (non-hydrogen) atoms. The molecule has 2 atom stereocenters. The molecular formula is C27H35N3O5. The average Bonchev–Trinajstić information content (AvgIpc) is 3.02. The van der Waals surface area contributed by atoms with Crippen molar-refractivity contribution >= 4 is 5.91 Å². The smallest absolute Gasteiger partial charge is 0.257 e. The average molecular weight is 482 g/mol. The number of ether oxygens (including phenoxy) is 2. The Morgan fingerprint density at radius 1 is 1.00 bits per heavy atom. The fourth-order valence-electron chi connectivity index (χ4n) is 5.29. The Hall–Kier alpha value is -2.49. The molecule has 1 amide bonds. The van der Waals surface area contributed by atoms with Crippen molar-refractivity contribution in [2.24, 2.45) is 0 Å². The molecular weight excluding hydrogens is 446 g/mol. The van der Waals surface area contributed by atoms with Gasteiger partial charge < -0.3 is 24.6 Å². The predicted octanol–water partition coefficient (Wildman–Crippen LogP) is 1.13. The molecule has 0 aliphatic carbocycles. The monoisotopic (exact) mass is 481 g/mol. The number of amides is 1. The number of benzene rings is 2. The second-order valence-corrected chi connectivity index (χ2v) is 9.75. The van der Waals surface area contributed by atoms with Gasteiger partial charge in [-0.1, -0.05) is 30.3 Å². The molecule has 0 bridgehead atoms. The first-order valence-corrected chi connectivity index (χ1v) is 12.6.